The van der Waals surface area contributed by atoms with E-state index in [0.717, 1.165) is 18.4 Å². The topological polar surface area (TPSA) is 55.1 Å². The normalized spacial score (nSPS) is 22.9. The number of carbonyl (C=O) groups is 1. The van der Waals surface area contributed by atoms with Crippen LogP contribution >= 0.6 is 11.3 Å². The molecule has 0 bridgehead atoms. The van der Waals surface area contributed by atoms with Crippen LogP contribution in [0.3, 0.4) is 0 Å². The minimum absolute atomic E-state index is 0.0126. The summed E-state index contributed by atoms with van der Waals surface area (Å²) in [5.74, 6) is 1.11. The van der Waals surface area contributed by atoms with E-state index in [1.165, 1.54) is 10.4 Å². The van der Waals surface area contributed by atoms with E-state index in [1.54, 1.807) is 11.3 Å². The third kappa shape index (κ3) is 2.39. The van der Waals surface area contributed by atoms with Gasteiger partial charge in [-0.1, -0.05) is 13.8 Å². The first-order chi connectivity index (χ1) is 8.40. The number of nitrogens with one attached hydrogen (secondary N) is 1. The van der Waals surface area contributed by atoms with Gasteiger partial charge in [-0.05, 0) is 44.1 Å². The summed E-state index contributed by atoms with van der Waals surface area (Å²) in [6, 6.07) is 0.144. The van der Waals surface area contributed by atoms with Crippen LogP contribution in [0.4, 0.5) is 5.00 Å². The summed E-state index contributed by atoms with van der Waals surface area (Å²) >= 11 is 1.60. The number of anilines is 1. The number of thiophene rings is 1. The quantitative estimate of drug-likeness (QED) is 0.864. The molecule has 2 rings (SSSR count). The van der Waals surface area contributed by atoms with E-state index in [1.807, 2.05) is 13.8 Å². The number of rotatable bonds is 2. The number of carbonyl (C=O) groups excluding carboxylic acids is 1. The molecule has 1 aliphatic carbocycles. The summed E-state index contributed by atoms with van der Waals surface area (Å²) in [6.07, 6.45) is 2.20. The van der Waals surface area contributed by atoms with Gasteiger partial charge in [-0.15, -0.1) is 11.3 Å². The summed E-state index contributed by atoms with van der Waals surface area (Å²) in [7, 11) is 0. The van der Waals surface area contributed by atoms with Crippen LogP contribution in [0.15, 0.2) is 0 Å². The van der Waals surface area contributed by atoms with Crippen LogP contribution in [0.5, 0.6) is 0 Å². The number of nitrogens with two attached hydrogens (primary N) is 1. The molecule has 2 unspecified atom stereocenters. The van der Waals surface area contributed by atoms with Crippen molar-refractivity contribution in [3.63, 3.8) is 0 Å². The molecule has 1 heterocycles. The SMILES string of the molecule is CC1Cc2sc(N)c(C(=O)NC(C)C)c2C(C)C1. The minimum Gasteiger partial charge on any atom is -0.390 e. The molecule has 0 fully saturated rings. The maximum Gasteiger partial charge on any atom is 0.254 e. The van der Waals surface area contributed by atoms with Crippen molar-refractivity contribution in [3.05, 3.63) is 16.0 Å². The fourth-order valence-corrected chi connectivity index (χ4v) is 4.22. The van der Waals surface area contributed by atoms with E-state index in [2.05, 4.69) is 19.2 Å². The molecule has 0 spiro atoms. The fourth-order valence-electron chi connectivity index (χ4n) is 2.87. The van der Waals surface area contributed by atoms with Gasteiger partial charge in [0.25, 0.3) is 5.91 Å². The summed E-state index contributed by atoms with van der Waals surface area (Å²) in [6.45, 7) is 8.41. The number of fused-ring (bicyclic) bond motifs is 1. The lowest BCUT2D eigenvalue weighted by atomic mass is 9.81. The molecule has 1 aliphatic rings. The molecule has 0 aliphatic heterocycles. The maximum atomic E-state index is 12.3. The molecule has 3 nitrogen and oxygen atoms in total. The molecule has 2 atom stereocenters. The summed E-state index contributed by atoms with van der Waals surface area (Å²) in [4.78, 5) is 13.6. The molecule has 4 heteroatoms. The third-order valence-corrected chi connectivity index (χ3v) is 4.54. The highest BCUT2D eigenvalue weighted by atomic mass is 32.1. The lowest BCUT2D eigenvalue weighted by Crippen LogP contribution is -2.31. The summed E-state index contributed by atoms with van der Waals surface area (Å²) in [5.41, 5.74) is 8.00. The minimum atomic E-state index is -0.0126. The van der Waals surface area contributed by atoms with Gasteiger partial charge in [0.05, 0.1) is 10.6 Å². The fraction of sp³-hybridized carbons (Fsp3) is 0.643. The van der Waals surface area contributed by atoms with Gasteiger partial charge in [-0.25, -0.2) is 0 Å². The second-order valence-electron chi connectivity index (χ2n) is 5.75. The molecular formula is C14H22N2OS. The molecule has 0 saturated carbocycles. The van der Waals surface area contributed by atoms with Crippen LogP contribution in [0.25, 0.3) is 0 Å². The van der Waals surface area contributed by atoms with Gasteiger partial charge >= 0.3 is 0 Å². The van der Waals surface area contributed by atoms with Gasteiger partial charge in [0, 0.05) is 10.9 Å². The average molecular weight is 266 g/mol. The van der Waals surface area contributed by atoms with E-state index >= 15 is 0 Å². The first-order valence-electron chi connectivity index (χ1n) is 6.62. The van der Waals surface area contributed by atoms with Crippen LogP contribution in [0.1, 0.15) is 60.8 Å². The number of hydrogen-bond acceptors (Lipinski definition) is 3. The van der Waals surface area contributed by atoms with E-state index in [9.17, 15) is 4.79 Å². The van der Waals surface area contributed by atoms with Gasteiger partial charge in [-0.3, -0.25) is 4.79 Å². The second-order valence-corrected chi connectivity index (χ2v) is 6.89. The Morgan fingerprint density at radius 2 is 2.11 bits per heavy atom. The lowest BCUT2D eigenvalue weighted by molar-refractivity contribution is 0.0942. The van der Waals surface area contributed by atoms with E-state index < -0.39 is 0 Å². The molecule has 100 valence electrons. The Kier molecular flexibility index (Phi) is 3.66. The zero-order valence-corrected chi connectivity index (χ0v) is 12.4. The molecular weight excluding hydrogens is 244 g/mol. The Morgan fingerprint density at radius 1 is 1.44 bits per heavy atom. The van der Waals surface area contributed by atoms with Gasteiger partial charge in [0.15, 0.2) is 0 Å². The van der Waals surface area contributed by atoms with Crippen LogP contribution in [-0.2, 0) is 6.42 Å². The Bertz CT molecular complexity index is 465. The maximum absolute atomic E-state index is 12.3. The predicted molar refractivity (Wildman–Crippen MR) is 77.2 cm³/mol. The molecule has 1 aromatic heterocycles. The third-order valence-electron chi connectivity index (χ3n) is 3.48. The number of hydrogen-bond donors (Lipinski definition) is 2. The Labute approximate surface area is 113 Å². The van der Waals surface area contributed by atoms with Crippen LogP contribution in [0.2, 0.25) is 0 Å². The standard InChI is InChI=1S/C14H22N2OS/c1-7(2)16-14(17)12-11-9(4)5-8(3)6-10(11)18-13(12)15/h7-9H,5-6,15H2,1-4H3,(H,16,17). The largest absolute Gasteiger partial charge is 0.390 e. The predicted octanol–water partition coefficient (Wildman–Crippen LogP) is 3.15. The summed E-state index contributed by atoms with van der Waals surface area (Å²) in [5, 5.41) is 3.64. The van der Waals surface area contributed by atoms with Crippen molar-refractivity contribution in [1.29, 1.82) is 0 Å². The van der Waals surface area contributed by atoms with E-state index in [-0.39, 0.29) is 11.9 Å². The van der Waals surface area contributed by atoms with Crippen molar-refractivity contribution in [2.75, 3.05) is 5.73 Å². The van der Waals surface area contributed by atoms with Crippen molar-refractivity contribution < 1.29 is 4.79 Å². The number of nitrogen functional groups attached to an aromatic ring is 1. The second kappa shape index (κ2) is 4.92. The highest BCUT2D eigenvalue weighted by molar-refractivity contribution is 7.16. The smallest absolute Gasteiger partial charge is 0.254 e. The molecule has 18 heavy (non-hydrogen) atoms. The highest BCUT2D eigenvalue weighted by Gasteiger charge is 2.30. The van der Waals surface area contributed by atoms with Crippen LogP contribution in [0, 0.1) is 5.92 Å². The van der Waals surface area contributed by atoms with E-state index in [4.69, 9.17) is 5.73 Å². The molecule has 0 aromatic carbocycles. The Hall–Kier alpha value is -1.03. The van der Waals surface area contributed by atoms with Gasteiger partial charge in [0.1, 0.15) is 0 Å². The van der Waals surface area contributed by atoms with Crippen molar-refractivity contribution in [2.45, 2.75) is 52.5 Å². The molecule has 1 aromatic rings. The van der Waals surface area contributed by atoms with Crippen LogP contribution < -0.4 is 11.1 Å². The number of amides is 1. The van der Waals surface area contributed by atoms with E-state index in [0.29, 0.717) is 16.8 Å². The van der Waals surface area contributed by atoms with Gasteiger partial charge in [0.2, 0.25) is 0 Å². The summed E-state index contributed by atoms with van der Waals surface area (Å²) < 4.78 is 0. The highest BCUT2D eigenvalue weighted by Crippen LogP contribution is 2.43. The van der Waals surface area contributed by atoms with Gasteiger partial charge in [-0.2, -0.15) is 0 Å². The zero-order valence-electron chi connectivity index (χ0n) is 11.5. The molecule has 0 radical (unpaired) electrons. The van der Waals surface area contributed by atoms with Crippen molar-refractivity contribution in [3.8, 4) is 0 Å². The zero-order chi connectivity index (χ0) is 13.4. The van der Waals surface area contributed by atoms with Crippen molar-refractivity contribution in [2.24, 2.45) is 5.92 Å². The lowest BCUT2D eigenvalue weighted by Gasteiger charge is -2.25. The first-order valence-corrected chi connectivity index (χ1v) is 7.43. The Morgan fingerprint density at radius 3 is 2.72 bits per heavy atom. The first kappa shape index (κ1) is 13.4. The molecule has 0 saturated heterocycles. The Balaban J connectivity index is 2.40. The molecule has 1 amide bonds. The van der Waals surface area contributed by atoms with Gasteiger partial charge < -0.3 is 11.1 Å². The monoisotopic (exact) mass is 266 g/mol. The average Bonchev–Trinajstić information content (AvgIpc) is 2.53. The van der Waals surface area contributed by atoms with Crippen molar-refractivity contribution in [1.82, 2.24) is 5.32 Å². The van der Waals surface area contributed by atoms with Crippen LogP contribution in [-0.4, -0.2) is 11.9 Å². The molecule has 3 N–H and O–H groups in total. The van der Waals surface area contributed by atoms with Crippen molar-refractivity contribution >= 4 is 22.2 Å².